The molecule has 3 nitrogen and oxygen atoms in total. The molecule has 0 aliphatic heterocycles. The summed E-state index contributed by atoms with van der Waals surface area (Å²) in [6, 6.07) is 7.14. The van der Waals surface area contributed by atoms with Crippen LogP contribution in [0.4, 0.5) is 0 Å². The fourth-order valence-electron chi connectivity index (χ4n) is 0.883. The SMILES string of the molecule is COc1ccc(/C=C/C(=O)O)cc1.[H-].[K+]. The summed E-state index contributed by atoms with van der Waals surface area (Å²) < 4.78 is 4.95. The Kier molecular flexibility index (Phi) is 7.13. The van der Waals surface area contributed by atoms with Crippen molar-refractivity contribution in [2.24, 2.45) is 0 Å². The van der Waals surface area contributed by atoms with Crippen LogP contribution in [0, 0.1) is 0 Å². The summed E-state index contributed by atoms with van der Waals surface area (Å²) in [5.41, 5.74) is 0.836. The third kappa shape index (κ3) is 4.93. The first-order valence-corrected chi connectivity index (χ1v) is 3.77. The second kappa shape index (κ2) is 7.20. The van der Waals surface area contributed by atoms with Gasteiger partial charge in [0.1, 0.15) is 5.75 Å². The van der Waals surface area contributed by atoms with Gasteiger partial charge in [0.2, 0.25) is 0 Å². The topological polar surface area (TPSA) is 46.5 Å². The number of hydrogen-bond acceptors (Lipinski definition) is 2. The van der Waals surface area contributed by atoms with Crippen molar-refractivity contribution in [1.82, 2.24) is 0 Å². The van der Waals surface area contributed by atoms with Crippen molar-refractivity contribution in [1.29, 1.82) is 0 Å². The van der Waals surface area contributed by atoms with Crippen LogP contribution in [0.1, 0.15) is 6.99 Å². The molecule has 0 saturated carbocycles. The Morgan fingerprint density at radius 2 is 2.00 bits per heavy atom. The normalized spacial score (nSPS) is 9.50. The fourth-order valence-corrected chi connectivity index (χ4v) is 0.883. The van der Waals surface area contributed by atoms with Crippen LogP contribution >= 0.6 is 0 Å². The average Bonchev–Trinajstić information content (AvgIpc) is 2.15. The minimum absolute atomic E-state index is 0. The van der Waals surface area contributed by atoms with Gasteiger partial charge in [-0.05, 0) is 23.8 Å². The Labute approximate surface area is 127 Å². The molecule has 0 heterocycles. The molecule has 0 unspecified atom stereocenters. The number of aliphatic carboxylic acids is 1. The predicted octanol–water partition coefficient (Wildman–Crippen LogP) is -1.09. The smallest absolute Gasteiger partial charge is 1.00 e. The number of rotatable bonds is 3. The van der Waals surface area contributed by atoms with Gasteiger partial charge in [-0.2, -0.15) is 0 Å². The van der Waals surface area contributed by atoms with Crippen LogP contribution in [-0.4, -0.2) is 18.2 Å². The van der Waals surface area contributed by atoms with Crippen molar-refractivity contribution < 1.29 is 67.4 Å². The molecular formula is C10H11KO3. The van der Waals surface area contributed by atoms with Crippen molar-refractivity contribution >= 4 is 12.0 Å². The molecule has 0 bridgehead atoms. The van der Waals surface area contributed by atoms with Crippen molar-refractivity contribution in [3.05, 3.63) is 35.9 Å². The van der Waals surface area contributed by atoms with E-state index in [2.05, 4.69) is 0 Å². The van der Waals surface area contributed by atoms with Gasteiger partial charge in [0, 0.05) is 6.08 Å². The molecule has 0 amide bonds. The Morgan fingerprint density at radius 1 is 1.43 bits per heavy atom. The van der Waals surface area contributed by atoms with E-state index in [0.29, 0.717) is 0 Å². The van der Waals surface area contributed by atoms with E-state index in [1.165, 1.54) is 6.08 Å². The van der Waals surface area contributed by atoms with E-state index in [1.54, 1.807) is 31.4 Å². The van der Waals surface area contributed by atoms with E-state index in [0.717, 1.165) is 17.4 Å². The van der Waals surface area contributed by atoms with Crippen LogP contribution < -0.4 is 56.1 Å². The maximum Gasteiger partial charge on any atom is 1.00 e. The third-order valence-electron chi connectivity index (χ3n) is 1.53. The summed E-state index contributed by atoms with van der Waals surface area (Å²) in [4.78, 5) is 10.2. The molecular weight excluding hydrogens is 207 g/mol. The third-order valence-corrected chi connectivity index (χ3v) is 1.53. The van der Waals surface area contributed by atoms with Gasteiger partial charge in [-0.3, -0.25) is 0 Å². The molecule has 0 spiro atoms. The summed E-state index contributed by atoms with van der Waals surface area (Å²) >= 11 is 0. The summed E-state index contributed by atoms with van der Waals surface area (Å²) in [6.45, 7) is 0. The molecule has 1 rings (SSSR count). The number of carboxylic acids is 1. The molecule has 14 heavy (non-hydrogen) atoms. The quantitative estimate of drug-likeness (QED) is 0.518. The molecule has 0 radical (unpaired) electrons. The number of hydrogen-bond donors (Lipinski definition) is 1. The molecule has 1 aromatic carbocycles. The van der Waals surface area contributed by atoms with Gasteiger partial charge in [-0.1, -0.05) is 12.1 Å². The van der Waals surface area contributed by atoms with Gasteiger partial charge in [0.15, 0.2) is 0 Å². The molecule has 4 heteroatoms. The first-order valence-electron chi connectivity index (χ1n) is 3.77. The van der Waals surface area contributed by atoms with Crippen molar-refractivity contribution in [2.45, 2.75) is 0 Å². The van der Waals surface area contributed by atoms with Gasteiger partial charge in [0.05, 0.1) is 7.11 Å². The average molecular weight is 218 g/mol. The summed E-state index contributed by atoms with van der Waals surface area (Å²) in [5, 5.41) is 8.36. The molecule has 0 fully saturated rings. The van der Waals surface area contributed by atoms with Crippen molar-refractivity contribution in [3.63, 3.8) is 0 Å². The molecule has 0 aromatic heterocycles. The van der Waals surface area contributed by atoms with E-state index >= 15 is 0 Å². The molecule has 0 atom stereocenters. The van der Waals surface area contributed by atoms with Crippen LogP contribution in [0.5, 0.6) is 5.75 Å². The number of methoxy groups -OCH3 is 1. The Bertz CT molecular complexity index is 322. The number of benzene rings is 1. The fraction of sp³-hybridized carbons (Fsp3) is 0.100. The van der Waals surface area contributed by atoms with Crippen LogP contribution in [0.15, 0.2) is 30.3 Å². The molecule has 70 valence electrons. The van der Waals surface area contributed by atoms with Crippen LogP contribution in [0.2, 0.25) is 0 Å². The molecule has 0 saturated heterocycles. The summed E-state index contributed by atoms with van der Waals surface area (Å²) in [6.07, 6.45) is 2.63. The van der Waals surface area contributed by atoms with Crippen LogP contribution in [-0.2, 0) is 4.79 Å². The minimum Gasteiger partial charge on any atom is -1.00 e. The first-order chi connectivity index (χ1) is 6.22. The monoisotopic (exact) mass is 218 g/mol. The number of carboxylic acid groups (broad SMARTS) is 1. The molecule has 0 aliphatic rings. The zero-order valence-electron chi connectivity index (χ0n) is 9.23. The van der Waals surface area contributed by atoms with E-state index in [9.17, 15) is 4.79 Å². The van der Waals surface area contributed by atoms with Gasteiger partial charge in [-0.25, -0.2) is 4.79 Å². The van der Waals surface area contributed by atoms with Gasteiger partial charge >= 0.3 is 57.4 Å². The van der Waals surface area contributed by atoms with Crippen molar-refractivity contribution in [3.8, 4) is 5.75 Å². The molecule has 0 aliphatic carbocycles. The Balaban J connectivity index is 0. The second-order valence-corrected chi connectivity index (χ2v) is 2.44. The van der Waals surface area contributed by atoms with E-state index in [-0.39, 0.29) is 52.8 Å². The van der Waals surface area contributed by atoms with E-state index in [4.69, 9.17) is 9.84 Å². The Morgan fingerprint density at radius 3 is 2.43 bits per heavy atom. The standard InChI is InChI=1S/C10H10O3.K.H/c1-13-9-5-2-8(3-6-9)4-7-10(11)12;;/h2-7H,1H3,(H,11,12);;/q;+1;-1/b7-4+;;. The zero-order chi connectivity index (χ0) is 9.68. The Hall–Kier alpha value is -0.134. The maximum atomic E-state index is 10.2. The van der Waals surface area contributed by atoms with Crippen LogP contribution in [0.3, 0.4) is 0 Å². The maximum absolute atomic E-state index is 10.2. The predicted molar refractivity (Wildman–Crippen MR) is 50.8 cm³/mol. The molecule has 1 N–H and O–H groups in total. The van der Waals surface area contributed by atoms with Gasteiger partial charge in [-0.15, -0.1) is 0 Å². The zero-order valence-corrected chi connectivity index (χ0v) is 11.4. The van der Waals surface area contributed by atoms with Gasteiger partial charge in [0.25, 0.3) is 0 Å². The largest absolute Gasteiger partial charge is 1.00 e. The summed E-state index contributed by atoms with van der Waals surface area (Å²) in [7, 11) is 1.59. The number of ether oxygens (including phenoxy) is 1. The summed E-state index contributed by atoms with van der Waals surface area (Å²) in [5.74, 6) is -0.191. The first kappa shape index (κ1) is 13.9. The molecule has 1 aromatic rings. The minimum atomic E-state index is -0.948. The van der Waals surface area contributed by atoms with Crippen molar-refractivity contribution in [2.75, 3.05) is 7.11 Å². The van der Waals surface area contributed by atoms with E-state index in [1.807, 2.05) is 0 Å². The number of carbonyl (C=O) groups is 1. The van der Waals surface area contributed by atoms with E-state index < -0.39 is 5.97 Å². The van der Waals surface area contributed by atoms with Crippen LogP contribution in [0.25, 0.3) is 6.08 Å². The van der Waals surface area contributed by atoms with Gasteiger partial charge < -0.3 is 11.3 Å². The second-order valence-electron chi connectivity index (χ2n) is 2.44.